The Bertz CT molecular complexity index is 427. The molecule has 0 aromatic heterocycles. The quantitative estimate of drug-likeness (QED) is 0.257. The number of hydrogen-bond acceptors (Lipinski definition) is 5. The lowest BCUT2D eigenvalue weighted by molar-refractivity contribution is -0.402. The van der Waals surface area contributed by atoms with E-state index in [1.165, 1.54) is 0 Å². The van der Waals surface area contributed by atoms with Crippen molar-refractivity contribution in [2.75, 3.05) is 14.2 Å². The molecule has 9 nitrogen and oxygen atoms in total. The van der Waals surface area contributed by atoms with Gasteiger partial charge in [0.05, 0.1) is 19.3 Å². The van der Waals surface area contributed by atoms with E-state index in [0.717, 1.165) is 5.69 Å². The van der Waals surface area contributed by atoms with E-state index in [4.69, 9.17) is 36.3 Å². The molecule has 0 saturated heterocycles. The SMILES string of the molecule is COc1ccc([NH+]=C(N)N)cc1OC.O=[N+]([O-])[O-]. The highest BCUT2D eigenvalue weighted by atomic mass is 16.9. The Hall–Kier alpha value is -2.71. The average molecular weight is 258 g/mol. The van der Waals surface area contributed by atoms with E-state index in [1.807, 2.05) is 0 Å². The fourth-order valence-corrected chi connectivity index (χ4v) is 1.08. The van der Waals surface area contributed by atoms with Crippen LogP contribution in [0.1, 0.15) is 0 Å². The molecule has 0 unspecified atom stereocenters. The second-order valence-electron chi connectivity index (χ2n) is 2.87. The normalized spacial score (nSPS) is 8.56. The van der Waals surface area contributed by atoms with Crippen molar-refractivity contribution in [3.8, 4) is 11.5 Å². The van der Waals surface area contributed by atoms with Crippen LogP contribution in [0.5, 0.6) is 11.5 Å². The number of nitrogens with one attached hydrogen (secondary N) is 1. The Kier molecular flexibility index (Phi) is 6.41. The number of rotatable bonds is 3. The van der Waals surface area contributed by atoms with Gasteiger partial charge in [-0.05, 0) is 12.1 Å². The number of benzene rings is 1. The summed E-state index contributed by atoms with van der Waals surface area (Å²) in [6.45, 7) is 0. The zero-order valence-electron chi connectivity index (χ0n) is 9.88. The summed E-state index contributed by atoms with van der Waals surface area (Å²) < 4.78 is 10.2. The molecular weight excluding hydrogens is 244 g/mol. The highest BCUT2D eigenvalue weighted by Crippen LogP contribution is 2.27. The number of methoxy groups -OCH3 is 2. The number of guanidine groups is 1. The molecular formula is C9H14N4O5. The van der Waals surface area contributed by atoms with E-state index in [1.54, 1.807) is 32.4 Å². The lowest BCUT2D eigenvalue weighted by atomic mass is 10.3. The van der Waals surface area contributed by atoms with Crippen molar-refractivity contribution < 1.29 is 19.6 Å². The van der Waals surface area contributed by atoms with Crippen LogP contribution in [0.25, 0.3) is 0 Å². The molecule has 0 fully saturated rings. The number of nitrogens with zero attached hydrogens (tertiary/aromatic N) is 1. The summed E-state index contributed by atoms with van der Waals surface area (Å²) in [7, 11) is 3.14. The number of nitrogens with two attached hydrogens (primary N) is 2. The topological polar surface area (TPSA) is 151 Å². The van der Waals surface area contributed by atoms with Crippen LogP contribution in [0.4, 0.5) is 5.69 Å². The van der Waals surface area contributed by atoms with Crippen molar-refractivity contribution in [3.05, 3.63) is 33.5 Å². The monoisotopic (exact) mass is 258 g/mol. The molecule has 1 aromatic carbocycles. The molecule has 0 aliphatic carbocycles. The van der Waals surface area contributed by atoms with Crippen LogP contribution in [0.2, 0.25) is 0 Å². The molecule has 0 aliphatic rings. The highest BCUT2D eigenvalue weighted by molar-refractivity contribution is 5.70. The molecule has 0 spiro atoms. The standard InChI is InChI=1S/C9H13N3O2.NO3/c1-13-7-4-3-6(12-9(10)11)5-8(7)14-2;2-1(3)4/h3-5H,1-2H3,(H4,10,11,12);/q;-1/p+1. The number of hydrogen-bond donors (Lipinski definition) is 3. The van der Waals surface area contributed by atoms with Crippen LogP contribution in [0.15, 0.2) is 18.2 Å². The Balaban J connectivity index is 0.000000631. The van der Waals surface area contributed by atoms with Gasteiger partial charge in [0.1, 0.15) is 5.69 Å². The van der Waals surface area contributed by atoms with Crippen molar-refractivity contribution in [1.29, 1.82) is 0 Å². The first-order chi connectivity index (χ1) is 8.40. The van der Waals surface area contributed by atoms with Gasteiger partial charge in [0.25, 0.3) is 0 Å². The lowest BCUT2D eigenvalue weighted by Gasteiger charge is -2.06. The van der Waals surface area contributed by atoms with E-state index in [-0.39, 0.29) is 5.96 Å². The van der Waals surface area contributed by atoms with Gasteiger partial charge in [-0.1, -0.05) is 0 Å². The minimum Gasteiger partial charge on any atom is -0.493 e. The van der Waals surface area contributed by atoms with Crippen molar-refractivity contribution in [1.82, 2.24) is 0 Å². The van der Waals surface area contributed by atoms with Crippen LogP contribution in [-0.4, -0.2) is 25.3 Å². The van der Waals surface area contributed by atoms with Gasteiger partial charge in [-0.15, -0.1) is 0 Å². The van der Waals surface area contributed by atoms with E-state index < -0.39 is 5.09 Å². The van der Waals surface area contributed by atoms with Crippen LogP contribution in [0.3, 0.4) is 0 Å². The molecule has 9 heteroatoms. The Labute approximate surface area is 103 Å². The Morgan fingerprint density at radius 2 is 1.72 bits per heavy atom. The maximum Gasteiger partial charge on any atom is 0.343 e. The van der Waals surface area contributed by atoms with Gasteiger partial charge in [-0.2, -0.15) is 0 Å². The third kappa shape index (κ3) is 6.00. The minimum atomic E-state index is -1.75. The van der Waals surface area contributed by atoms with Crippen molar-refractivity contribution in [2.45, 2.75) is 0 Å². The zero-order chi connectivity index (χ0) is 14.1. The zero-order valence-corrected chi connectivity index (χ0v) is 9.88. The smallest absolute Gasteiger partial charge is 0.343 e. The van der Waals surface area contributed by atoms with E-state index >= 15 is 0 Å². The Morgan fingerprint density at radius 1 is 1.22 bits per heavy atom. The summed E-state index contributed by atoms with van der Waals surface area (Å²) in [6.07, 6.45) is 0. The molecule has 1 aromatic rings. The first kappa shape index (κ1) is 15.3. The highest BCUT2D eigenvalue weighted by Gasteiger charge is 2.04. The summed E-state index contributed by atoms with van der Waals surface area (Å²) in [6, 6.07) is 5.31. The average Bonchev–Trinajstić information content (AvgIpc) is 2.27. The summed E-state index contributed by atoms with van der Waals surface area (Å²) in [5.74, 6) is 1.42. The van der Waals surface area contributed by atoms with E-state index in [9.17, 15) is 0 Å². The van der Waals surface area contributed by atoms with Gasteiger partial charge in [0.2, 0.25) is 0 Å². The van der Waals surface area contributed by atoms with Crippen LogP contribution < -0.4 is 25.9 Å². The van der Waals surface area contributed by atoms with Gasteiger partial charge in [0.15, 0.2) is 11.5 Å². The third-order valence-electron chi connectivity index (χ3n) is 1.67. The molecule has 0 bridgehead atoms. The second kappa shape index (κ2) is 7.54. The second-order valence-corrected chi connectivity index (χ2v) is 2.87. The van der Waals surface area contributed by atoms with Crippen molar-refractivity contribution in [3.63, 3.8) is 0 Å². The van der Waals surface area contributed by atoms with Gasteiger partial charge in [0, 0.05) is 6.07 Å². The maximum atomic E-state index is 8.25. The predicted molar refractivity (Wildman–Crippen MR) is 63.9 cm³/mol. The fourth-order valence-electron chi connectivity index (χ4n) is 1.08. The van der Waals surface area contributed by atoms with Gasteiger partial charge >= 0.3 is 5.96 Å². The lowest BCUT2D eigenvalue weighted by Crippen LogP contribution is -2.72. The van der Waals surface area contributed by atoms with Crippen molar-refractivity contribution in [2.24, 2.45) is 11.5 Å². The van der Waals surface area contributed by atoms with Crippen LogP contribution in [-0.2, 0) is 0 Å². The summed E-state index contributed by atoms with van der Waals surface area (Å²) in [5, 5.41) is 14.8. The molecule has 1 rings (SSSR count). The minimum absolute atomic E-state index is 0.136. The first-order valence-corrected chi connectivity index (χ1v) is 4.59. The first-order valence-electron chi connectivity index (χ1n) is 4.59. The van der Waals surface area contributed by atoms with Gasteiger partial charge < -0.3 is 24.8 Å². The third-order valence-corrected chi connectivity index (χ3v) is 1.67. The molecule has 18 heavy (non-hydrogen) atoms. The largest absolute Gasteiger partial charge is 0.493 e. The maximum absolute atomic E-state index is 8.25. The molecule has 0 amide bonds. The molecule has 0 heterocycles. The molecule has 0 aliphatic heterocycles. The van der Waals surface area contributed by atoms with Gasteiger partial charge in [-0.3, -0.25) is 11.5 Å². The van der Waals surface area contributed by atoms with E-state index in [0.29, 0.717) is 11.5 Å². The summed E-state index contributed by atoms with van der Waals surface area (Å²) in [4.78, 5) is 11.0. The van der Waals surface area contributed by atoms with Crippen LogP contribution in [0, 0.1) is 15.3 Å². The molecule has 0 radical (unpaired) electrons. The Morgan fingerprint density at radius 3 is 2.11 bits per heavy atom. The predicted octanol–water partition coefficient (Wildman–Crippen LogP) is -1.55. The van der Waals surface area contributed by atoms with Crippen molar-refractivity contribution >= 4 is 11.6 Å². The molecule has 5 N–H and O–H groups in total. The van der Waals surface area contributed by atoms with Crippen LogP contribution >= 0.6 is 0 Å². The van der Waals surface area contributed by atoms with Gasteiger partial charge in [-0.25, -0.2) is 4.99 Å². The molecule has 0 atom stereocenters. The fraction of sp³-hybridized carbons (Fsp3) is 0.222. The summed E-state index contributed by atoms with van der Waals surface area (Å²) in [5.41, 5.74) is 11.3. The summed E-state index contributed by atoms with van der Waals surface area (Å²) >= 11 is 0. The number of ether oxygens (including phenoxy) is 2. The van der Waals surface area contributed by atoms with E-state index in [2.05, 4.69) is 4.99 Å². The molecule has 0 saturated carbocycles. The molecule has 100 valence electrons.